The maximum Gasteiger partial charge on any atom is 2.00 e. The fourth-order valence-corrected chi connectivity index (χ4v) is 1.22. The molecule has 0 N–H and O–H groups in total. The molecule has 0 aliphatic rings. The fraction of sp³-hybridized carbons (Fsp3) is 0. The van der Waals surface area contributed by atoms with Gasteiger partial charge in [-0.2, -0.15) is 65.5 Å². The van der Waals surface area contributed by atoms with Crippen LogP contribution in [0.1, 0.15) is 0 Å². The van der Waals surface area contributed by atoms with Gasteiger partial charge in [0, 0.05) is 0 Å². The topological polar surface area (TPSA) is 0 Å². The fourth-order valence-electron chi connectivity index (χ4n) is 0.778. The summed E-state index contributed by atoms with van der Waals surface area (Å²) in [5, 5.41) is 2.52. The van der Waals surface area contributed by atoms with Crippen LogP contribution in [0.2, 0.25) is 0 Å². The van der Waals surface area contributed by atoms with E-state index in [1.807, 2.05) is 48.5 Å². The van der Waals surface area contributed by atoms with Crippen molar-refractivity contribution in [2.75, 3.05) is 0 Å². The van der Waals surface area contributed by atoms with Gasteiger partial charge in [-0.3, -0.25) is 0 Å². The molecule has 0 aliphatic heterocycles. The molecular weight excluding hydrogens is 415 g/mol. The summed E-state index contributed by atoms with van der Waals surface area (Å²) in [5.41, 5.74) is 0. The summed E-state index contributed by atoms with van der Waals surface area (Å²) in [7, 11) is 14.9. The quantitative estimate of drug-likeness (QED) is 0.344. The van der Waals surface area contributed by atoms with Crippen molar-refractivity contribution in [2.24, 2.45) is 0 Å². The van der Waals surface area contributed by atoms with E-state index in [1.165, 1.54) is 10.6 Å². The number of rotatable bonds is 0. The van der Waals surface area contributed by atoms with E-state index in [9.17, 15) is 0 Å². The van der Waals surface area contributed by atoms with Crippen LogP contribution >= 0.6 is 37.5 Å². The molecule has 0 heterocycles. The van der Waals surface area contributed by atoms with E-state index in [0.717, 1.165) is 0 Å². The summed E-state index contributed by atoms with van der Waals surface area (Å²) in [6, 6.07) is 16.2. The Balaban J connectivity index is 0. The van der Waals surface area contributed by atoms with Gasteiger partial charge in [0.15, 0.2) is 0 Å². The molecule has 0 aliphatic carbocycles. The van der Waals surface area contributed by atoms with Crippen molar-refractivity contribution in [3.8, 4) is 0 Å². The second-order valence-electron chi connectivity index (χ2n) is 2.48. The van der Waals surface area contributed by atoms with Gasteiger partial charge in [0.25, 0.3) is 0 Å². The molecule has 2 aromatic carbocycles. The Morgan fingerprint density at radius 1 is 0.938 bits per heavy atom. The average molecular weight is 427 g/mol. The third kappa shape index (κ3) is 13.4. The molecule has 6 heteroatoms. The van der Waals surface area contributed by atoms with Gasteiger partial charge >= 0.3 is 52.1 Å². The van der Waals surface area contributed by atoms with E-state index >= 15 is 0 Å². The molecule has 2 aromatic rings. The molecule has 0 bridgehead atoms. The van der Waals surface area contributed by atoms with Crippen LogP contribution in [0.3, 0.4) is 0 Å². The van der Waals surface area contributed by atoms with Gasteiger partial charge in [-0.25, -0.2) is 12.1 Å². The molecule has 0 saturated carbocycles. The van der Waals surface area contributed by atoms with Gasteiger partial charge in [-0.15, -0.1) is 0 Å². The first-order valence-corrected chi connectivity index (χ1v) is 9.13. The molecule has 2 rings (SSSR count). The van der Waals surface area contributed by atoms with E-state index in [1.54, 1.807) is 0 Å². The zero-order valence-electron chi connectivity index (χ0n) is 8.20. The van der Waals surface area contributed by atoms with E-state index in [4.69, 9.17) is 19.1 Å². The van der Waals surface area contributed by atoms with Crippen molar-refractivity contribution < 1.29 is 33.0 Å². The molecule has 0 spiro atoms. The molecular formula is C10H12Cl2FeP2Pd. The summed E-state index contributed by atoms with van der Waals surface area (Å²) in [5.74, 6) is 0. The van der Waals surface area contributed by atoms with E-state index in [0.29, 0.717) is 0 Å². The van der Waals surface area contributed by atoms with Gasteiger partial charge < -0.3 is 0 Å². The minimum atomic E-state index is -0.106. The Labute approximate surface area is 129 Å². The normalized spacial score (nSPS) is 8.00. The number of halogens is 2. The molecule has 94 valence electrons. The summed E-state index contributed by atoms with van der Waals surface area (Å²) in [6.45, 7) is 0. The van der Waals surface area contributed by atoms with Crippen LogP contribution < -0.4 is 10.6 Å². The standard InChI is InChI=1S/2C5H6P.2ClH.Fe.Pd/c2*6-5-3-1-2-4-5;;;;/h2*1-4H,6H2;2*1H;;/q2*-1;;;2*+2/p-2. The minimum absolute atomic E-state index is 0. The SMILES string of the molecule is Pc1cc[cH-]c1.Pc1cc[cH-]c1.[Cl][Pd][Cl].[Fe+2]. The van der Waals surface area contributed by atoms with Gasteiger partial charge in [0.05, 0.1) is 0 Å². The third-order valence-electron chi connectivity index (χ3n) is 1.38. The molecule has 0 nitrogen and oxygen atoms in total. The predicted molar refractivity (Wildman–Crippen MR) is 74.5 cm³/mol. The summed E-state index contributed by atoms with van der Waals surface area (Å²) in [6.07, 6.45) is 0. The van der Waals surface area contributed by atoms with Gasteiger partial charge in [-0.1, -0.05) is 0 Å². The molecule has 16 heavy (non-hydrogen) atoms. The van der Waals surface area contributed by atoms with Crippen LogP contribution in [0.5, 0.6) is 0 Å². The predicted octanol–water partition coefficient (Wildman–Crippen LogP) is 3.19. The first-order valence-electron chi connectivity index (χ1n) is 3.97. The largest absolute Gasteiger partial charge is 2.00 e. The first-order chi connectivity index (χ1) is 7.20. The summed E-state index contributed by atoms with van der Waals surface area (Å²) in [4.78, 5) is 0. The Morgan fingerprint density at radius 3 is 1.31 bits per heavy atom. The van der Waals surface area contributed by atoms with Crippen LogP contribution in [-0.4, -0.2) is 0 Å². The first kappa shape index (κ1) is 19.7. The Kier molecular flexibility index (Phi) is 17.7. The molecule has 0 aromatic heterocycles. The molecule has 2 atom stereocenters. The van der Waals surface area contributed by atoms with Gasteiger partial charge in [0.1, 0.15) is 0 Å². The zero-order chi connectivity index (χ0) is 11.5. The molecule has 0 saturated heterocycles. The van der Waals surface area contributed by atoms with Crippen molar-refractivity contribution in [2.45, 2.75) is 0 Å². The molecule has 0 amide bonds. The van der Waals surface area contributed by atoms with Crippen molar-refractivity contribution in [3.05, 3.63) is 48.5 Å². The number of hydrogen-bond donors (Lipinski definition) is 0. The van der Waals surface area contributed by atoms with Crippen LogP contribution in [-0.2, 0) is 33.0 Å². The third-order valence-corrected chi connectivity index (χ3v) is 2.15. The number of hydrogen-bond acceptors (Lipinski definition) is 0. The summed E-state index contributed by atoms with van der Waals surface area (Å²) >= 11 is -0.106. The van der Waals surface area contributed by atoms with Crippen molar-refractivity contribution in [1.82, 2.24) is 0 Å². The van der Waals surface area contributed by atoms with Crippen LogP contribution in [0.25, 0.3) is 0 Å². The Hall–Kier alpha value is 1.32. The Morgan fingerprint density at radius 2 is 1.25 bits per heavy atom. The van der Waals surface area contributed by atoms with Crippen LogP contribution in [0.15, 0.2) is 48.5 Å². The van der Waals surface area contributed by atoms with E-state index in [2.05, 4.69) is 18.5 Å². The van der Waals surface area contributed by atoms with Gasteiger partial charge in [-0.05, 0) is 0 Å². The average Bonchev–Trinajstić information content (AvgIpc) is 2.81. The van der Waals surface area contributed by atoms with E-state index in [-0.39, 0.29) is 33.0 Å². The van der Waals surface area contributed by atoms with Crippen LogP contribution in [0.4, 0.5) is 0 Å². The van der Waals surface area contributed by atoms with E-state index < -0.39 is 0 Å². The summed E-state index contributed by atoms with van der Waals surface area (Å²) < 4.78 is 0. The maximum absolute atomic E-state index is 4.81. The maximum atomic E-state index is 4.81. The molecule has 0 radical (unpaired) electrons. The van der Waals surface area contributed by atoms with Gasteiger partial charge in [0.2, 0.25) is 0 Å². The van der Waals surface area contributed by atoms with Crippen molar-refractivity contribution >= 4 is 48.1 Å². The van der Waals surface area contributed by atoms with Crippen LogP contribution in [0, 0.1) is 0 Å². The second-order valence-corrected chi connectivity index (χ2v) is 6.18. The molecule has 0 fully saturated rings. The zero-order valence-corrected chi connectivity index (χ0v) is 14.7. The van der Waals surface area contributed by atoms with Crippen molar-refractivity contribution in [3.63, 3.8) is 0 Å². The molecule has 2 unspecified atom stereocenters. The van der Waals surface area contributed by atoms with Crippen molar-refractivity contribution in [1.29, 1.82) is 0 Å². The monoisotopic (exact) mass is 426 g/mol. The smallest absolute Gasteiger partial charge is 2.00 e. The Bertz CT molecular complexity index is 279. The minimum Gasteiger partial charge on any atom is 2.00 e. The second kappa shape index (κ2) is 14.4.